The number of anilines is 1. The number of nitrogens with zero attached hydrogens (tertiary/aromatic N) is 4. The fourth-order valence-electron chi connectivity index (χ4n) is 6.29. The Bertz CT molecular complexity index is 1700. The number of carbonyl (C=O) groups excluding carboxylic acids is 3. The molecule has 6 N–H and O–H groups in total. The quantitative estimate of drug-likeness (QED) is 0.119. The van der Waals surface area contributed by atoms with Gasteiger partial charge < -0.3 is 26.6 Å². The summed E-state index contributed by atoms with van der Waals surface area (Å²) in [5, 5.41) is 23.4. The maximum Gasteiger partial charge on any atom is 0.251 e. The smallest absolute Gasteiger partial charge is 0.251 e. The van der Waals surface area contributed by atoms with Crippen molar-refractivity contribution in [2.75, 3.05) is 38.0 Å². The van der Waals surface area contributed by atoms with E-state index < -0.39 is 6.04 Å². The lowest BCUT2D eigenvalue weighted by Crippen LogP contribution is -2.48. The Balaban J connectivity index is 1.26. The molecule has 13 heteroatoms. The Kier molecular flexibility index (Phi) is 13.1. The Labute approximate surface area is 297 Å². The molecule has 3 amide bonds. The first kappa shape index (κ1) is 36.6. The van der Waals surface area contributed by atoms with E-state index in [2.05, 4.69) is 55.3 Å². The molecule has 1 saturated carbocycles. The van der Waals surface area contributed by atoms with E-state index in [1.807, 2.05) is 30.3 Å². The number of carbonyl (C=O) groups is 3. The van der Waals surface area contributed by atoms with Gasteiger partial charge in [0, 0.05) is 52.8 Å². The van der Waals surface area contributed by atoms with Gasteiger partial charge in [0.1, 0.15) is 6.04 Å². The Morgan fingerprint density at radius 3 is 2.28 bits per heavy atom. The van der Waals surface area contributed by atoms with Crippen LogP contribution in [0.3, 0.4) is 0 Å². The van der Waals surface area contributed by atoms with E-state index in [1.54, 1.807) is 36.4 Å². The van der Waals surface area contributed by atoms with Crippen molar-refractivity contribution < 1.29 is 14.4 Å². The minimum Gasteiger partial charge on any atom is -0.351 e. The number of aromatic amines is 1. The minimum atomic E-state index is -0.805. The lowest BCUT2D eigenvalue weighted by Gasteiger charge is -2.28. The first-order valence-corrected chi connectivity index (χ1v) is 17.7. The number of nitrogens with one attached hydrogen (secondary N) is 4. The summed E-state index contributed by atoms with van der Waals surface area (Å²) in [6.07, 6.45) is 3.61. The third-order valence-electron chi connectivity index (χ3n) is 9.48. The molecule has 1 fully saturated rings. The molecule has 4 aromatic rings. The lowest BCUT2D eigenvalue weighted by molar-refractivity contribution is -0.130. The zero-order valence-corrected chi connectivity index (χ0v) is 29.4. The number of halogens is 1. The van der Waals surface area contributed by atoms with Crippen molar-refractivity contribution in [1.82, 2.24) is 36.2 Å². The van der Waals surface area contributed by atoms with Gasteiger partial charge in [-0.15, -0.1) is 10.2 Å². The van der Waals surface area contributed by atoms with Gasteiger partial charge in [0.25, 0.3) is 5.91 Å². The van der Waals surface area contributed by atoms with Gasteiger partial charge in [-0.1, -0.05) is 55.8 Å². The minimum absolute atomic E-state index is 0.117. The highest BCUT2D eigenvalue weighted by atomic mass is 35.5. The molecule has 0 spiro atoms. The zero-order valence-electron chi connectivity index (χ0n) is 28.6. The summed E-state index contributed by atoms with van der Waals surface area (Å²) in [5.41, 5.74) is 10.2. The monoisotopic (exact) mass is 699 g/mol. The van der Waals surface area contributed by atoms with Crippen LogP contribution < -0.4 is 21.7 Å². The second kappa shape index (κ2) is 17.8. The van der Waals surface area contributed by atoms with Crippen molar-refractivity contribution in [2.45, 2.75) is 52.0 Å². The molecule has 1 atom stereocenters. The van der Waals surface area contributed by atoms with Crippen molar-refractivity contribution in [1.29, 1.82) is 0 Å². The van der Waals surface area contributed by atoms with E-state index in [4.69, 9.17) is 17.3 Å². The van der Waals surface area contributed by atoms with Gasteiger partial charge in [-0.3, -0.25) is 14.4 Å². The fourth-order valence-corrected chi connectivity index (χ4v) is 6.58. The van der Waals surface area contributed by atoms with Crippen LogP contribution in [0.25, 0.3) is 22.5 Å². The maximum atomic E-state index is 13.7. The van der Waals surface area contributed by atoms with Crippen molar-refractivity contribution in [3.63, 3.8) is 0 Å². The second-order valence-electron chi connectivity index (χ2n) is 12.7. The third-order valence-corrected chi connectivity index (χ3v) is 9.80. The molecule has 0 aliphatic heterocycles. The molecule has 0 saturated heterocycles. The number of likely N-dealkylation sites (N-methyl/N-ethyl adjacent to an activating group) is 1. The molecule has 50 heavy (non-hydrogen) atoms. The van der Waals surface area contributed by atoms with E-state index in [1.165, 1.54) is 0 Å². The molecular formula is C37H46ClN9O3. The molecule has 5 rings (SSSR count). The van der Waals surface area contributed by atoms with E-state index in [-0.39, 0.29) is 30.1 Å². The van der Waals surface area contributed by atoms with Gasteiger partial charge in [0.05, 0.1) is 0 Å². The third kappa shape index (κ3) is 9.74. The topological polar surface area (TPSA) is 171 Å². The van der Waals surface area contributed by atoms with Crippen LogP contribution in [-0.4, -0.2) is 82.0 Å². The van der Waals surface area contributed by atoms with Crippen LogP contribution in [0.15, 0.2) is 66.7 Å². The van der Waals surface area contributed by atoms with E-state index in [0.717, 1.165) is 67.6 Å². The maximum absolute atomic E-state index is 13.7. The van der Waals surface area contributed by atoms with E-state index >= 15 is 0 Å². The van der Waals surface area contributed by atoms with Crippen molar-refractivity contribution in [3.05, 3.63) is 82.9 Å². The van der Waals surface area contributed by atoms with Crippen LogP contribution >= 0.6 is 11.6 Å². The van der Waals surface area contributed by atoms with Gasteiger partial charge in [0.2, 0.25) is 17.6 Å². The highest BCUT2D eigenvalue weighted by molar-refractivity contribution is 6.33. The number of tetrazole rings is 1. The molecule has 3 aromatic carbocycles. The van der Waals surface area contributed by atoms with Gasteiger partial charge in [-0.25, -0.2) is 0 Å². The molecule has 1 aliphatic rings. The van der Waals surface area contributed by atoms with Gasteiger partial charge in [0.15, 0.2) is 0 Å². The number of amides is 3. The molecule has 1 heterocycles. The van der Waals surface area contributed by atoms with Crippen LogP contribution in [0.5, 0.6) is 0 Å². The zero-order chi connectivity index (χ0) is 35.5. The summed E-state index contributed by atoms with van der Waals surface area (Å²) in [6.45, 7) is 8.04. The largest absolute Gasteiger partial charge is 0.351 e. The molecular weight excluding hydrogens is 654 g/mol. The van der Waals surface area contributed by atoms with E-state index in [0.29, 0.717) is 41.1 Å². The average molecular weight is 700 g/mol. The SMILES string of the molecule is CCN(CC)CCNC(=O)c1ccc(-c2ccc(C[C@H](NC(=O)C3CCC(CN)CC3)C(=O)Nc3ccc(-c4nn[nH]n4)cc3)cc2)c(Cl)c1. The Morgan fingerprint density at radius 2 is 1.66 bits per heavy atom. The molecule has 1 aliphatic carbocycles. The fraction of sp³-hybridized carbons (Fsp3) is 0.405. The predicted molar refractivity (Wildman–Crippen MR) is 195 cm³/mol. The number of H-pyrrole nitrogens is 1. The number of hydrogen-bond donors (Lipinski definition) is 5. The number of rotatable bonds is 15. The molecule has 1 aromatic heterocycles. The summed E-state index contributed by atoms with van der Waals surface area (Å²) >= 11 is 6.66. The van der Waals surface area contributed by atoms with Crippen molar-refractivity contribution >= 4 is 35.0 Å². The van der Waals surface area contributed by atoms with Crippen LogP contribution in [0, 0.1) is 11.8 Å². The average Bonchev–Trinajstić information content (AvgIpc) is 3.69. The second-order valence-corrected chi connectivity index (χ2v) is 13.1. The predicted octanol–water partition coefficient (Wildman–Crippen LogP) is 4.69. The first-order chi connectivity index (χ1) is 24.3. The molecule has 12 nitrogen and oxygen atoms in total. The van der Waals surface area contributed by atoms with Crippen molar-refractivity contribution in [2.24, 2.45) is 17.6 Å². The summed E-state index contributed by atoms with van der Waals surface area (Å²) in [5.74, 6) is 0.136. The van der Waals surface area contributed by atoms with Gasteiger partial charge >= 0.3 is 0 Å². The van der Waals surface area contributed by atoms with Gasteiger partial charge in [-0.05, 0) is 104 Å². The van der Waals surface area contributed by atoms with Crippen LogP contribution in [0.2, 0.25) is 5.02 Å². The molecule has 0 bridgehead atoms. The number of hydrogen-bond acceptors (Lipinski definition) is 8. The van der Waals surface area contributed by atoms with Crippen LogP contribution in [-0.2, 0) is 16.0 Å². The highest BCUT2D eigenvalue weighted by Crippen LogP contribution is 2.30. The Hall–Kier alpha value is -4.65. The number of benzene rings is 3. The lowest BCUT2D eigenvalue weighted by atomic mass is 9.81. The standard InChI is InChI=1S/C37H46ClN9O3/c1-3-47(4-2)20-19-40-35(48)29-15-18-31(32(38)22-29)26-9-5-24(6-10-26)21-33(42-36(49)28-11-7-25(23-39)8-12-28)37(50)41-30-16-13-27(14-17-30)34-43-45-46-44-34/h5-6,9-10,13-18,22,25,28,33H,3-4,7-8,11-12,19-21,23,39H2,1-2H3,(H,40,48)(H,41,50)(H,42,49)(H,43,44,45,46)/t25?,28?,33-/m0/s1. The van der Waals surface area contributed by atoms with Gasteiger partial charge in [-0.2, -0.15) is 5.21 Å². The summed E-state index contributed by atoms with van der Waals surface area (Å²) < 4.78 is 0. The normalized spacial score (nSPS) is 16.5. The van der Waals surface area contributed by atoms with Crippen molar-refractivity contribution in [3.8, 4) is 22.5 Å². The van der Waals surface area contributed by atoms with Crippen LogP contribution in [0.4, 0.5) is 5.69 Å². The first-order valence-electron chi connectivity index (χ1n) is 17.3. The summed E-state index contributed by atoms with van der Waals surface area (Å²) in [6, 6.07) is 19.3. The molecule has 0 radical (unpaired) electrons. The molecule has 264 valence electrons. The summed E-state index contributed by atoms with van der Waals surface area (Å²) in [7, 11) is 0. The molecule has 0 unspecified atom stereocenters. The van der Waals surface area contributed by atoms with Crippen LogP contribution in [0.1, 0.15) is 55.5 Å². The summed E-state index contributed by atoms with van der Waals surface area (Å²) in [4.78, 5) is 42.0. The highest BCUT2D eigenvalue weighted by Gasteiger charge is 2.29. The number of nitrogens with two attached hydrogens (primary N) is 1. The van der Waals surface area contributed by atoms with E-state index in [9.17, 15) is 14.4 Å². The Morgan fingerprint density at radius 1 is 0.960 bits per heavy atom. The number of aromatic nitrogens is 4.